The molecule has 15 heavy (non-hydrogen) atoms. The summed E-state index contributed by atoms with van der Waals surface area (Å²) in [6, 6.07) is 0. The van der Waals surface area contributed by atoms with Crippen LogP contribution in [0.1, 0.15) is 13.3 Å². The SMILES string of the molecule is C=CC(=O)OCCCN(CC)[Si](C)(C)C. The van der Waals surface area contributed by atoms with Gasteiger partial charge in [-0.3, -0.25) is 0 Å². The topological polar surface area (TPSA) is 29.5 Å². The first-order valence-electron chi connectivity index (χ1n) is 5.46. The van der Waals surface area contributed by atoms with Crippen molar-refractivity contribution in [2.24, 2.45) is 0 Å². The van der Waals surface area contributed by atoms with Crippen LogP contribution >= 0.6 is 0 Å². The van der Waals surface area contributed by atoms with E-state index in [-0.39, 0.29) is 5.97 Å². The van der Waals surface area contributed by atoms with E-state index in [2.05, 4.69) is 37.7 Å². The van der Waals surface area contributed by atoms with E-state index in [9.17, 15) is 4.79 Å². The standard InChI is InChI=1S/C11H23NO2Si/c1-6-11(13)14-10-8-9-12(7-2)15(3,4)5/h6H,1,7-10H2,2-5H3. The highest BCUT2D eigenvalue weighted by atomic mass is 28.3. The largest absolute Gasteiger partial charge is 0.462 e. The van der Waals surface area contributed by atoms with Gasteiger partial charge in [-0.2, -0.15) is 0 Å². The van der Waals surface area contributed by atoms with Gasteiger partial charge >= 0.3 is 5.97 Å². The molecule has 0 bridgehead atoms. The van der Waals surface area contributed by atoms with Crippen LogP contribution in [-0.4, -0.2) is 38.5 Å². The average molecular weight is 229 g/mol. The Bertz CT molecular complexity index is 211. The predicted octanol–water partition coefficient (Wildman–Crippen LogP) is 2.26. The van der Waals surface area contributed by atoms with E-state index in [1.54, 1.807) is 0 Å². The number of carbonyl (C=O) groups is 1. The molecule has 3 nitrogen and oxygen atoms in total. The lowest BCUT2D eigenvalue weighted by Crippen LogP contribution is -2.46. The smallest absolute Gasteiger partial charge is 0.330 e. The van der Waals surface area contributed by atoms with E-state index in [1.807, 2.05) is 0 Å². The van der Waals surface area contributed by atoms with Gasteiger partial charge in [-0.15, -0.1) is 0 Å². The van der Waals surface area contributed by atoms with Crippen molar-refractivity contribution in [2.45, 2.75) is 33.0 Å². The van der Waals surface area contributed by atoms with E-state index in [0.29, 0.717) is 6.61 Å². The zero-order valence-corrected chi connectivity index (χ0v) is 11.4. The van der Waals surface area contributed by atoms with Crippen LogP contribution in [0.3, 0.4) is 0 Å². The molecular formula is C11H23NO2Si. The van der Waals surface area contributed by atoms with Gasteiger partial charge in [0.15, 0.2) is 0 Å². The maximum Gasteiger partial charge on any atom is 0.330 e. The van der Waals surface area contributed by atoms with Gasteiger partial charge in [-0.25, -0.2) is 4.79 Å². The lowest BCUT2D eigenvalue weighted by atomic mass is 10.4. The van der Waals surface area contributed by atoms with E-state index >= 15 is 0 Å². The molecule has 0 fully saturated rings. The first kappa shape index (κ1) is 14.4. The van der Waals surface area contributed by atoms with Crippen LogP contribution in [0.25, 0.3) is 0 Å². The Morgan fingerprint density at radius 3 is 2.47 bits per heavy atom. The zero-order valence-electron chi connectivity index (χ0n) is 10.4. The monoisotopic (exact) mass is 229 g/mol. The minimum atomic E-state index is -1.20. The number of hydrogen-bond donors (Lipinski definition) is 0. The van der Waals surface area contributed by atoms with Gasteiger partial charge in [0, 0.05) is 6.08 Å². The summed E-state index contributed by atoms with van der Waals surface area (Å²) in [5.74, 6) is -0.328. The highest BCUT2D eigenvalue weighted by Crippen LogP contribution is 2.09. The second-order valence-corrected chi connectivity index (χ2v) is 9.45. The molecule has 0 aromatic heterocycles. The Morgan fingerprint density at radius 2 is 2.07 bits per heavy atom. The van der Waals surface area contributed by atoms with Gasteiger partial charge in [-0.05, 0) is 19.5 Å². The van der Waals surface area contributed by atoms with Crippen molar-refractivity contribution in [1.82, 2.24) is 4.57 Å². The Hall–Kier alpha value is -0.613. The van der Waals surface area contributed by atoms with Crippen molar-refractivity contribution in [1.29, 1.82) is 0 Å². The van der Waals surface area contributed by atoms with Crippen molar-refractivity contribution in [2.75, 3.05) is 19.7 Å². The van der Waals surface area contributed by atoms with Crippen LogP contribution in [0.5, 0.6) is 0 Å². The minimum Gasteiger partial charge on any atom is -0.462 e. The second-order valence-electron chi connectivity index (χ2n) is 4.48. The summed E-state index contributed by atoms with van der Waals surface area (Å²) in [6.45, 7) is 15.1. The molecule has 0 aliphatic rings. The minimum absolute atomic E-state index is 0.328. The number of hydrogen-bond acceptors (Lipinski definition) is 3. The number of ether oxygens (including phenoxy) is 1. The Balaban J connectivity index is 3.74. The fourth-order valence-corrected chi connectivity index (χ4v) is 3.23. The fraction of sp³-hybridized carbons (Fsp3) is 0.727. The quantitative estimate of drug-likeness (QED) is 0.290. The molecule has 0 unspecified atom stereocenters. The van der Waals surface area contributed by atoms with Gasteiger partial charge in [0.2, 0.25) is 0 Å². The number of carbonyl (C=O) groups excluding carboxylic acids is 1. The van der Waals surface area contributed by atoms with Crippen molar-refractivity contribution < 1.29 is 9.53 Å². The second kappa shape index (κ2) is 6.79. The molecule has 0 spiro atoms. The van der Waals surface area contributed by atoms with Gasteiger partial charge in [-0.1, -0.05) is 33.1 Å². The first-order valence-corrected chi connectivity index (χ1v) is 8.90. The predicted molar refractivity (Wildman–Crippen MR) is 66.4 cm³/mol. The van der Waals surface area contributed by atoms with Gasteiger partial charge in [0.05, 0.1) is 6.61 Å². The summed E-state index contributed by atoms with van der Waals surface area (Å²) in [5.41, 5.74) is 0. The van der Waals surface area contributed by atoms with Crippen molar-refractivity contribution in [3.63, 3.8) is 0 Å². The third kappa shape index (κ3) is 6.46. The molecule has 0 radical (unpaired) electrons. The summed E-state index contributed by atoms with van der Waals surface area (Å²) >= 11 is 0. The molecule has 0 saturated carbocycles. The van der Waals surface area contributed by atoms with E-state index < -0.39 is 8.24 Å². The number of rotatable bonds is 7. The Morgan fingerprint density at radius 1 is 1.47 bits per heavy atom. The summed E-state index contributed by atoms with van der Waals surface area (Å²) in [6.07, 6.45) is 2.10. The highest BCUT2D eigenvalue weighted by Gasteiger charge is 2.21. The lowest BCUT2D eigenvalue weighted by molar-refractivity contribution is -0.137. The molecule has 0 N–H and O–H groups in total. The average Bonchev–Trinajstić information content (AvgIpc) is 2.15. The summed E-state index contributed by atoms with van der Waals surface area (Å²) < 4.78 is 7.43. The van der Waals surface area contributed by atoms with Crippen LogP contribution in [0.15, 0.2) is 12.7 Å². The first-order chi connectivity index (χ1) is 6.91. The molecule has 4 heteroatoms. The van der Waals surface area contributed by atoms with Crippen LogP contribution in [-0.2, 0) is 9.53 Å². The number of nitrogens with zero attached hydrogens (tertiary/aromatic N) is 1. The molecular weight excluding hydrogens is 206 g/mol. The van der Waals surface area contributed by atoms with Crippen LogP contribution in [0.4, 0.5) is 0 Å². The van der Waals surface area contributed by atoms with Gasteiger partial charge in [0.1, 0.15) is 8.24 Å². The highest BCUT2D eigenvalue weighted by molar-refractivity contribution is 6.73. The van der Waals surface area contributed by atoms with E-state index in [4.69, 9.17) is 4.74 Å². The molecule has 0 aromatic rings. The van der Waals surface area contributed by atoms with Crippen molar-refractivity contribution in [3.05, 3.63) is 12.7 Å². The summed E-state index contributed by atoms with van der Waals surface area (Å²) in [7, 11) is -1.20. The molecule has 0 aliphatic heterocycles. The van der Waals surface area contributed by atoms with Gasteiger partial charge < -0.3 is 9.30 Å². The van der Waals surface area contributed by atoms with Crippen LogP contribution in [0, 0.1) is 0 Å². The molecule has 0 atom stereocenters. The Kier molecular flexibility index (Phi) is 6.52. The molecule has 0 aromatic carbocycles. The molecule has 0 aliphatic carbocycles. The van der Waals surface area contributed by atoms with Crippen LogP contribution < -0.4 is 0 Å². The maximum absolute atomic E-state index is 10.8. The molecule has 0 heterocycles. The molecule has 0 saturated heterocycles. The zero-order chi connectivity index (χ0) is 11.9. The molecule has 0 rings (SSSR count). The van der Waals surface area contributed by atoms with Crippen molar-refractivity contribution >= 4 is 14.2 Å². The Labute approximate surface area is 94.2 Å². The third-order valence-electron chi connectivity index (χ3n) is 2.31. The van der Waals surface area contributed by atoms with E-state index in [0.717, 1.165) is 19.5 Å². The van der Waals surface area contributed by atoms with E-state index in [1.165, 1.54) is 6.08 Å². The fourth-order valence-electron chi connectivity index (χ4n) is 1.45. The van der Waals surface area contributed by atoms with Crippen LogP contribution in [0.2, 0.25) is 19.6 Å². The molecule has 0 amide bonds. The van der Waals surface area contributed by atoms with Crippen molar-refractivity contribution in [3.8, 4) is 0 Å². The molecule has 88 valence electrons. The third-order valence-corrected chi connectivity index (χ3v) is 4.75. The number of esters is 1. The summed E-state index contributed by atoms with van der Waals surface area (Å²) in [5, 5.41) is 0. The summed E-state index contributed by atoms with van der Waals surface area (Å²) in [4.78, 5) is 10.8. The normalized spacial score (nSPS) is 11.5. The van der Waals surface area contributed by atoms with Gasteiger partial charge in [0.25, 0.3) is 0 Å². The maximum atomic E-state index is 10.8. The lowest BCUT2D eigenvalue weighted by Gasteiger charge is -2.32.